The van der Waals surface area contributed by atoms with Crippen molar-refractivity contribution in [3.05, 3.63) is 83.0 Å². The fraction of sp³-hybridized carbons (Fsp3) is 0.154. The molecule has 6 rings (SSSR count). The SMILES string of the molecule is COc1ccc2ccc3c(c2c1)Cc1c(nc2c(c(C)nn2-c2ccccc2)c1C)O3. The molecule has 152 valence electrons. The van der Waals surface area contributed by atoms with Crippen LogP contribution in [0.4, 0.5) is 0 Å². The number of aryl methyl sites for hydroxylation is 2. The second kappa shape index (κ2) is 6.57. The van der Waals surface area contributed by atoms with Crippen molar-refractivity contribution in [1.29, 1.82) is 0 Å². The number of rotatable bonds is 2. The third-order valence-electron chi connectivity index (χ3n) is 6.19. The van der Waals surface area contributed by atoms with Crippen LogP contribution in [0.5, 0.6) is 17.4 Å². The fourth-order valence-electron chi connectivity index (χ4n) is 4.60. The van der Waals surface area contributed by atoms with Crippen molar-refractivity contribution in [2.24, 2.45) is 0 Å². The molecule has 0 atom stereocenters. The van der Waals surface area contributed by atoms with E-state index in [1.165, 1.54) is 16.5 Å². The third kappa shape index (κ3) is 2.63. The number of benzene rings is 3. The van der Waals surface area contributed by atoms with Crippen molar-refractivity contribution in [2.75, 3.05) is 7.11 Å². The largest absolute Gasteiger partial charge is 0.497 e. The van der Waals surface area contributed by atoms with Gasteiger partial charge in [-0.05, 0) is 60.5 Å². The van der Waals surface area contributed by atoms with Crippen LogP contribution in [-0.2, 0) is 6.42 Å². The summed E-state index contributed by atoms with van der Waals surface area (Å²) in [4.78, 5) is 4.94. The van der Waals surface area contributed by atoms with Crippen molar-refractivity contribution in [2.45, 2.75) is 20.3 Å². The highest BCUT2D eigenvalue weighted by Gasteiger charge is 2.26. The molecule has 3 heterocycles. The number of para-hydroxylation sites is 1. The molecule has 0 saturated heterocycles. The summed E-state index contributed by atoms with van der Waals surface area (Å²) in [6.07, 6.45) is 0.764. The van der Waals surface area contributed by atoms with Crippen LogP contribution < -0.4 is 9.47 Å². The maximum atomic E-state index is 6.36. The van der Waals surface area contributed by atoms with Gasteiger partial charge < -0.3 is 9.47 Å². The monoisotopic (exact) mass is 407 g/mol. The van der Waals surface area contributed by atoms with Crippen LogP contribution in [0, 0.1) is 13.8 Å². The molecule has 0 aliphatic carbocycles. The van der Waals surface area contributed by atoms with Gasteiger partial charge in [0.05, 0.1) is 18.5 Å². The first-order chi connectivity index (χ1) is 15.1. The number of methoxy groups -OCH3 is 1. The van der Waals surface area contributed by atoms with Crippen LogP contribution in [0.25, 0.3) is 27.5 Å². The van der Waals surface area contributed by atoms with Gasteiger partial charge in [-0.3, -0.25) is 0 Å². The number of ether oxygens (including phenoxy) is 2. The predicted octanol–water partition coefficient (Wildman–Crippen LogP) is 5.90. The lowest BCUT2D eigenvalue weighted by Gasteiger charge is -2.23. The van der Waals surface area contributed by atoms with Crippen molar-refractivity contribution in [3.8, 4) is 23.1 Å². The van der Waals surface area contributed by atoms with E-state index in [9.17, 15) is 0 Å². The molecule has 5 heteroatoms. The smallest absolute Gasteiger partial charge is 0.225 e. The van der Waals surface area contributed by atoms with Crippen LogP contribution in [0.3, 0.4) is 0 Å². The van der Waals surface area contributed by atoms with E-state index in [-0.39, 0.29) is 0 Å². The molecule has 0 amide bonds. The highest BCUT2D eigenvalue weighted by Crippen LogP contribution is 2.43. The number of hydrogen-bond donors (Lipinski definition) is 0. The Bertz CT molecular complexity index is 1490. The molecule has 1 aliphatic rings. The topological polar surface area (TPSA) is 49.2 Å². The lowest BCUT2D eigenvalue weighted by atomic mass is 9.93. The quantitative estimate of drug-likeness (QED) is 0.359. The van der Waals surface area contributed by atoms with E-state index in [1.54, 1.807) is 7.11 Å². The highest BCUT2D eigenvalue weighted by atomic mass is 16.5. The summed E-state index contributed by atoms with van der Waals surface area (Å²) >= 11 is 0. The predicted molar refractivity (Wildman–Crippen MR) is 122 cm³/mol. The molecule has 0 N–H and O–H groups in total. The van der Waals surface area contributed by atoms with Gasteiger partial charge in [0.25, 0.3) is 0 Å². The van der Waals surface area contributed by atoms with Gasteiger partial charge in [-0.1, -0.05) is 30.3 Å². The summed E-state index contributed by atoms with van der Waals surface area (Å²) in [5.41, 5.74) is 6.24. The second-order valence-corrected chi connectivity index (χ2v) is 7.96. The lowest BCUT2D eigenvalue weighted by Crippen LogP contribution is -2.09. The number of hydrogen-bond acceptors (Lipinski definition) is 4. The Kier molecular flexibility index (Phi) is 3.81. The summed E-state index contributed by atoms with van der Waals surface area (Å²) < 4.78 is 13.7. The summed E-state index contributed by atoms with van der Waals surface area (Å²) in [6.45, 7) is 4.19. The van der Waals surface area contributed by atoms with E-state index in [0.717, 1.165) is 51.3 Å². The van der Waals surface area contributed by atoms with Gasteiger partial charge in [0, 0.05) is 22.9 Å². The zero-order chi connectivity index (χ0) is 21.1. The molecular weight excluding hydrogens is 386 g/mol. The zero-order valence-electron chi connectivity index (χ0n) is 17.6. The van der Waals surface area contributed by atoms with Gasteiger partial charge in [0.2, 0.25) is 5.88 Å². The van der Waals surface area contributed by atoms with E-state index >= 15 is 0 Å². The minimum absolute atomic E-state index is 0.664. The zero-order valence-corrected chi connectivity index (χ0v) is 17.6. The minimum Gasteiger partial charge on any atom is -0.497 e. The van der Waals surface area contributed by atoms with Gasteiger partial charge in [-0.2, -0.15) is 10.1 Å². The fourth-order valence-corrected chi connectivity index (χ4v) is 4.60. The van der Waals surface area contributed by atoms with Crippen molar-refractivity contribution < 1.29 is 9.47 Å². The Labute approximate surface area is 179 Å². The molecule has 0 radical (unpaired) electrons. The number of pyridine rings is 1. The van der Waals surface area contributed by atoms with Gasteiger partial charge in [-0.25, -0.2) is 4.68 Å². The minimum atomic E-state index is 0.664. The Morgan fingerprint density at radius 3 is 2.58 bits per heavy atom. The first-order valence-corrected chi connectivity index (χ1v) is 10.4. The molecule has 0 bridgehead atoms. The molecule has 0 saturated carbocycles. The Morgan fingerprint density at radius 1 is 0.968 bits per heavy atom. The average Bonchev–Trinajstić information content (AvgIpc) is 3.14. The van der Waals surface area contributed by atoms with E-state index < -0.39 is 0 Å². The van der Waals surface area contributed by atoms with Gasteiger partial charge in [0.1, 0.15) is 11.5 Å². The van der Waals surface area contributed by atoms with Gasteiger partial charge in [-0.15, -0.1) is 0 Å². The average molecular weight is 407 g/mol. The highest BCUT2D eigenvalue weighted by molar-refractivity contribution is 5.91. The Hall–Kier alpha value is -3.86. The molecule has 0 spiro atoms. The first-order valence-electron chi connectivity index (χ1n) is 10.4. The maximum absolute atomic E-state index is 6.36. The summed E-state index contributed by atoms with van der Waals surface area (Å²) in [5.74, 6) is 2.36. The molecule has 31 heavy (non-hydrogen) atoms. The van der Waals surface area contributed by atoms with Crippen LogP contribution >= 0.6 is 0 Å². The van der Waals surface area contributed by atoms with Crippen molar-refractivity contribution in [3.63, 3.8) is 0 Å². The Balaban J connectivity index is 1.57. The van der Waals surface area contributed by atoms with Crippen molar-refractivity contribution >= 4 is 21.8 Å². The molecule has 1 aliphatic heterocycles. The van der Waals surface area contributed by atoms with E-state index in [1.807, 2.05) is 54.1 Å². The van der Waals surface area contributed by atoms with E-state index in [0.29, 0.717) is 5.88 Å². The van der Waals surface area contributed by atoms with Crippen LogP contribution in [0.15, 0.2) is 60.7 Å². The summed E-state index contributed by atoms with van der Waals surface area (Å²) in [5, 5.41) is 8.21. The standard InChI is InChI=1S/C26H21N3O2/c1-15-20-14-22-21-13-19(30-3)11-9-17(21)10-12-23(22)31-26(20)27-25-24(15)16(2)28-29(25)18-7-5-4-6-8-18/h4-13H,14H2,1-3H3. The van der Waals surface area contributed by atoms with E-state index in [2.05, 4.69) is 25.1 Å². The van der Waals surface area contributed by atoms with E-state index in [4.69, 9.17) is 19.6 Å². The first kappa shape index (κ1) is 18.0. The third-order valence-corrected chi connectivity index (χ3v) is 6.19. The lowest BCUT2D eigenvalue weighted by molar-refractivity contribution is 0.415. The Morgan fingerprint density at radius 2 is 1.77 bits per heavy atom. The number of fused-ring (bicyclic) bond motifs is 5. The number of nitrogens with zero attached hydrogens (tertiary/aromatic N) is 3. The molecule has 5 aromatic rings. The van der Waals surface area contributed by atoms with Crippen molar-refractivity contribution in [1.82, 2.24) is 14.8 Å². The van der Waals surface area contributed by atoms with Crippen LogP contribution in [-0.4, -0.2) is 21.9 Å². The summed E-state index contributed by atoms with van der Waals surface area (Å²) in [6, 6.07) is 20.4. The van der Waals surface area contributed by atoms with Gasteiger partial charge >= 0.3 is 0 Å². The molecule has 0 fully saturated rings. The molecule has 5 nitrogen and oxygen atoms in total. The molecule has 0 unspecified atom stereocenters. The normalized spacial score (nSPS) is 12.5. The molecule has 3 aromatic carbocycles. The molecule has 2 aromatic heterocycles. The van der Waals surface area contributed by atoms with Crippen LogP contribution in [0.1, 0.15) is 22.4 Å². The van der Waals surface area contributed by atoms with Gasteiger partial charge in [0.15, 0.2) is 5.65 Å². The second-order valence-electron chi connectivity index (χ2n) is 7.96. The van der Waals surface area contributed by atoms with Crippen LogP contribution in [0.2, 0.25) is 0 Å². The number of aromatic nitrogens is 3. The molecular formula is C26H21N3O2. The maximum Gasteiger partial charge on any atom is 0.225 e. The summed E-state index contributed by atoms with van der Waals surface area (Å²) in [7, 11) is 1.69.